The van der Waals surface area contributed by atoms with E-state index >= 15 is 0 Å². The van der Waals surface area contributed by atoms with E-state index < -0.39 is 15.4 Å². The number of hydrogen-bond acceptors (Lipinski definition) is 3. The molecule has 1 amide bonds. The van der Waals surface area contributed by atoms with Crippen molar-refractivity contribution >= 4 is 21.6 Å². The van der Waals surface area contributed by atoms with Crippen molar-refractivity contribution in [2.24, 2.45) is 0 Å². The zero-order chi connectivity index (χ0) is 21.0. The van der Waals surface area contributed by atoms with Crippen LogP contribution in [-0.4, -0.2) is 31.7 Å². The number of nitrogens with zero attached hydrogens (tertiary/aromatic N) is 1. The maximum Gasteiger partial charge on any atom is 0.243 e. The minimum atomic E-state index is -3.58. The van der Waals surface area contributed by atoms with Gasteiger partial charge in [-0.2, -0.15) is 4.31 Å². The predicted octanol–water partition coefficient (Wildman–Crippen LogP) is 4.05. The molecule has 154 valence electrons. The van der Waals surface area contributed by atoms with Gasteiger partial charge in [-0.15, -0.1) is 0 Å². The number of piperidine rings is 1. The largest absolute Gasteiger partial charge is 0.325 e. The number of hydrogen-bond donors (Lipinski definition) is 1. The van der Waals surface area contributed by atoms with Crippen LogP contribution in [0.15, 0.2) is 95.9 Å². The van der Waals surface area contributed by atoms with Gasteiger partial charge in [0, 0.05) is 18.8 Å². The van der Waals surface area contributed by atoms with Crippen molar-refractivity contribution in [3.05, 3.63) is 96.6 Å². The molecule has 0 atom stereocenters. The number of carbonyl (C=O) groups is 1. The molecule has 1 saturated heterocycles. The summed E-state index contributed by atoms with van der Waals surface area (Å²) in [6.45, 7) is 0.572. The molecule has 6 heteroatoms. The van der Waals surface area contributed by atoms with E-state index in [0.29, 0.717) is 12.8 Å². The van der Waals surface area contributed by atoms with Crippen LogP contribution < -0.4 is 5.32 Å². The molecule has 1 aliphatic rings. The molecule has 0 bridgehead atoms. The van der Waals surface area contributed by atoms with E-state index in [2.05, 4.69) is 5.32 Å². The lowest BCUT2D eigenvalue weighted by Gasteiger charge is -2.40. The second-order valence-corrected chi connectivity index (χ2v) is 9.42. The lowest BCUT2D eigenvalue weighted by atomic mass is 9.72. The fourth-order valence-corrected chi connectivity index (χ4v) is 5.49. The van der Waals surface area contributed by atoms with E-state index in [9.17, 15) is 13.2 Å². The second kappa shape index (κ2) is 8.42. The molecule has 3 aromatic carbocycles. The molecular weight excluding hydrogens is 396 g/mol. The van der Waals surface area contributed by atoms with E-state index in [4.69, 9.17) is 0 Å². The van der Waals surface area contributed by atoms with Crippen molar-refractivity contribution in [3.63, 3.8) is 0 Å². The average molecular weight is 421 g/mol. The summed E-state index contributed by atoms with van der Waals surface area (Å²) >= 11 is 0. The van der Waals surface area contributed by atoms with Crippen LogP contribution in [0, 0.1) is 0 Å². The van der Waals surface area contributed by atoms with Gasteiger partial charge >= 0.3 is 0 Å². The van der Waals surface area contributed by atoms with Crippen molar-refractivity contribution in [1.82, 2.24) is 4.31 Å². The minimum Gasteiger partial charge on any atom is -0.325 e. The smallest absolute Gasteiger partial charge is 0.243 e. The maximum absolute atomic E-state index is 13.4. The molecule has 3 aromatic rings. The molecule has 0 saturated carbocycles. The Morgan fingerprint density at radius 2 is 1.27 bits per heavy atom. The third-order valence-electron chi connectivity index (χ3n) is 5.75. The van der Waals surface area contributed by atoms with E-state index in [1.54, 1.807) is 30.3 Å². The second-order valence-electron chi connectivity index (χ2n) is 7.49. The Hall–Kier alpha value is -2.96. The molecule has 5 nitrogen and oxygen atoms in total. The van der Waals surface area contributed by atoms with Gasteiger partial charge in [0.25, 0.3) is 0 Å². The molecular formula is C24H24N2O3S. The van der Waals surface area contributed by atoms with Crippen LogP contribution in [0.3, 0.4) is 0 Å². The summed E-state index contributed by atoms with van der Waals surface area (Å²) in [5, 5.41) is 3.03. The third-order valence-corrected chi connectivity index (χ3v) is 7.66. The molecule has 0 aromatic heterocycles. The zero-order valence-electron chi connectivity index (χ0n) is 16.6. The summed E-state index contributed by atoms with van der Waals surface area (Å²) in [5.74, 6) is -0.100. The predicted molar refractivity (Wildman–Crippen MR) is 118 cm³/mol. The fraction of sp³-hybridized carbons (Fsp3) is 0.208. The SMILES string of the molecule is O=C(Nc1ccccc1)C1(c2ccccc2)CCN(S(=O)(=O)c2ccccc2)CC1. The summed E-state index contributed by atoms with van der Waals surface area (Å²) in [7, 11) is -3.58. The van der Waals surface area contributed by atoms with E-state index in [0.717, 1.165) is 11.3 Å². The number of anilines is 1. The van der Waals surface area contributed by atoms with Gasteiger partial charge in [0.05, 0.1) is 10.3 Å². The molecule has 4 rings (SSSR count). The monoisotopic (exact) mass is 420 g/mol. The van der Waals surface area contributed by atoms with Crippen LogP contribution in [0.2, 0.25) is 0 Å². The van der Waals surface area contributed by atoms with E-state index in [-0.39, 0.29) is 23.9 Å². The number of amides is 1. The fourth-order valence-electron chi connectivity index (χ4n) is 4.03. The molecule has 1 heterocycles. The van der Waals surface area contributed by atoms with E-state index in [1.165, 1.54) is 4.31 Å². The molecule has 30 heavy (non-hydrogen) atoms. The third kappa shape index (κ3) is 3.88. The highest BCUT2D eigenvalue weighted by atomic mass is 32.2. The number of para-hydroxylation sites is 1. The Morgan fingerprint density at radius 3 is 1.83 bits per heavy atom. The van der Waals surface area contributed by atoms with Gasteiger partial charge in [0.15, 0.2) is 0 Å². The van der Waals surface area contributed by atoms with Gasteiger partial charge in [0.2, 0.25) is 15.9 Å². The molecule has 1 N–H and O–H groups in total. The van der Waals surface area contributed by atoms with Crippen molar-refractivity contribution in [2.75, 3.05) is 18.4 Å². The van der Waals surface area contributed by atoms with Crippen LogP contribution in [0.5, 0.6) is 0 Å². The summed E-state index contributed by atoms with van der Waals surface area (Å²) in [5.41, 5.74) is 0.868. The summed E-state index contributed by atoms with van der Waals surface area (Å²) in [4.78, 5) is 13.7. The first-order valence-corrected chi connectivity index (χ1v) is 11.4. The van der Waals surface area contributed by atoms with Crippen molar-refractivity contribution in [1.29, 1.82) is 0 Å². The highest BCUT2D eigenvalue weighted by Crippen LogP contribution is 2.38. The molecule has 1 aliphatic heterocycles. The van der Waals surface area contributed by atoms with Crippen LogP contribution in [0.25, 0.3) is 0 Å². The number of rotatable bonds is 5. The van der Waals surface area contributed by atoms with E-state index in [1.807, 2.05) is 60.7 Å². The van der Waals surface area contributed by atoms with Gasteiger partial charge in [-0.05, 0) is 42.7 Å². The first-order chi connectivity index (χ1) is 14.5. The molecule has 0 spiro atoms. The minimum absolute atomic E-state index is 0.100. The van der Waals surface area contributed by atoms with Crippen molar-refractivity contribution in [2.45, 2.75) is 23.2 Å². The zero-order valence-corrected chi connectivity index (χ0v) is 17.4. The topological polar surface area (TPSA) is 66.5 Å². The van der Waals surface area contributed by atoms with Crippen molar-refractivity contribution < 1.29 is 13.2 Å². The Kier molecular flexibility index (Phi) is 5.70. The number of sulfonamides is 1. The molecule has 1 fully saturated rings. The quantitative estimate of drug-likeness (QED) is 0.677. The average Bonchev–Trinajstić information content (AvgIpc) is 2.81. The first-order valence-electron chi connectivity index (χ1n) is 10.00. The van der Waals surface area contributed by atoms with Gasteiger partial charge in [-0.25, -0.2) is 8.42 Å². The van der Waals surface area contributed by atoms with Crippen LogP contribution in [-0.2, 0) is 20.2 Å². The normalized spacial score (nSPS) is 16.7. The maximum atomic E-state index is 13.4. The van der Waals surface area contributed by atoms with Crippen LogP contribution in [0.1, 0.15) is 18.4 Å². The number of benzene rings is 3. The summed E-state index contributed by atoms with van der Waals surface area (Å²) < 4.78 is 27.5. The van der Waals surface area contributed by atoms with Crippen LogP contribution >= 0.6 is 0 Å². The first kappa shape index (κ1) is 20.3. The van der Waals surface area contributed by atoms with Gasteiger partial charge in [-0.1, -0.05) is 66.7 Å². The van der Waals surface area contributed by atoms with Crippen LogP contribution in [0.4, 0.5) is 5.69 Å². The van der Waals surface area contributed by atoms with Crippen molar-refractivity contribution in [3.8, 4) is 0 Å². The Bertz CT molecular complexity index is 1090. The summed E-state index contributed by atoms with van der Waals surface area (Å²) in [6.07, 6.45) is 0.837. The Balaban J connectivity index is 1.61. The number of nitrogens with one attached hydrogen (secondary N) is 1. The highest BCUT2D eigenvalue weighted by Gasteiger charge is 2.45. The Labute approximate surface area is 177 Å². The molecule has 0 unspecified atom stereocenters. The molecule has 0 aliphatic carbocycles. The summed E-state index contributed by atoms with van der Waals surface area (Å²) in [6, 6.07) is 27.5. The van der Waals surface area contributed by atoms with Gasteiger partial charge < -0.3 is 5.32 Å². The van der Waals surface area contributed by atoms with Gasteiger partial charge in [-0.3, -0.25) is 4.79 Å². The van der Waals surface area contributed by atoms with Gasteiger partial charge in [0.1, 0.15) is 0 Å². The highest BCUT2D eigenvalue weighted by molar-refractivity contribution is 7.89. The lowest BCUT2D eigenvalue weighted by molar-refractivity contribution is -0.123. The number of carbonyl (C=O) groups excluding carboxylic acids is 1. The lowest BCUT2D eigenvalue weighted by Crippen LogP contribution is -2.50. The molecule has 0 radical (unpaired) electrons. The standard InChI is InChI=1S/C24H24N2O3S/c27-23(25-21-12-6-2-7-13-21)24(20-10-4-1-5-11-20)16-18-26(19-17-24)30(28,29)22-14-8-3-9-15-22/h1-15H,16-19H2,(H,25,27). The Morgan fingerprint density at radius 1 is 0.767 bits per heavy atom.